The molecule has 6 nitrogen and oxygen atoms in total. The van der Waals surface area contributed by atoms with Gasteiger partial charge in [0.1, 0.15) is 17.2 Å². The van der Waals surface area contributed by atoms with E-state index in [1.54, 1.807) is 19.4 Å². The Balaban J connectivity index is 1.76. The summed E-state index contributed by atoms with van der Waals surface area (Å²) >= 11 is 0. The number of hydrogen-bond donors (Lipinski definition) is 1. The Hall–Kier alpha value is -3.67. The zero-order valence-corrected chi connectivity index (χ0v) is 16.2. The summed E-state index contributed by atoms with van der Waals surface area (Å²) in [7, 11) is 1.57. The van der Waals surface area contributed by atoms with E-state index in [0.717, 1.165) is 33.1 Å². The third-order valence-corrected chi connectivity index (χ3v) is 4.80. The zero-order chi connectivity index (χ0) is 20.4. The van der Waals surface area contributed by atoms with Gasteiger partial charge in [-0.3, -0.25) is 9.78 Å². The average Bonchev–Trinajstić information content (AvgIpc) is 2.72. The Bertz CT molecular complexity index is 1220. The van der Waals surface area contributed by atoms with Gasteiger partial charge in [0.25, 0.3) is 0 Å². The van der Waals surface area contributed by atoms with Gasteiger partial charge in [-0.05, 0) is 49.2 Å². The van der Waals surface area contributed by atoms with Crippen molar-refractivity contribution in [1.29, 1.82) is 0 Å². The standard InChI is InChI=1S/C23H20N2O4/c1-14-21(12-15-5-3-4-6-18(15)25-14)29-20-9-10-24-19-11-16(7-8-23(26)27)22(28-2)13-17(19)20/h3-6,9-13H,7-8H2,1-2H3,(H,26,27). The third kappa shape index (κ3) is 3.82. The van der Waals surface area contributed by atoms with Gasteiger partial charge in [-0.1, -0.05) is 18.2 Å². The van der Waals surface area contributed by atoms with E-state index in [2.05, 4.69) is 9.97 Å². The fourth-order valence-electron chi connectivity index (χ4n) is 3.32. The molecule has 4 rings (SSSR count). The Morgan fingerprint density at radius 3 is 2.66 bits per heavy atom. The predicted molar refractivity (Wildman–Crippen MR) is 111 cm³/mol. The Morgan fingerprint density at radius 2 is 1.86 bits per heavy atom. The number of aryl methyl sites for hydroxylation is 2. The highest BCUT2D eigenvalue weighted by Gasteiger charge is 2.13. The first-order valence-corrected chi connectivity index (χ1v) is 9.27. The molecule has 2 heterocycles. The largest absolute Gasteiger partial charge is 0.496 e. The van der Waals surface area contributed by atoms with Crippen molar-refractivity contribution < 1.29 is 19.4 Å². The lowest BCUT2D eigenvalue weighted by molar-refractivity contribution is -0.136. The minimum Gasteiger partial charge on any atom is -0.496 e. The van der Waals surface area contributed by atoms with Crippen molar-refractivity contribution in [2.75, 3.05) is 7.11 Å². The van der Waals surface area contributed by atoms with Gasteiger partial charge in [-0.15, -0.1) is 0 Å². The molecule has 0 spiro atoms. The van der Waals surface area contributed by atoms with Crippen LogP contribution in [0.1, 0.15) is 17.7 Å². The van der Waals surface area contributed by atoms with Crippen molar-refractivity contribution in [3.8, 4) is 17.2 Å². The molecule has 2 aromatic heterocycles. The topological polar surface area (TPSA) is 81.5 Å². The number of aromatic nitrogens is 2. The second-order valence-electron chi connectivity index (χ2n) is 6.75. The van der Waals surface area contributed by atoms with E-state index in [1.807, 2.05) is 49.4 Å². The zero-order valence-electron chi connectivity index (χ0n) is 16.2. The van der Waals surface area contributed by atoms with Crippen LogP contribution >= 0.6 is 0 Å². The van der Waals surface area contributed by atoms with Gasteiger partial charge in [-0.25, -0.2) is 4.98 Å². The molecule has 146 valence electrons. The Kier molecular flexibility index (Phi) is 4.99. The van der Waals surface area contributed by atoms with Crippen molar-refractivity contribution in [2.24, 2.45) is 0 Å². The number of para-hydroxylation sites is 1. The summed E-state index contributed by atoms with van der Waals surface area (Å²) in [4.78, 5) is 20.0. The van der Waals surface area contributed by atoms with Gasteiger partial charge >= 0.3 is 5.97 Å². The SMILES string of the molecule is COc1cc2c(Oc3cc4ccccc4nc3C)ccnc2cc1CCC(=O)O. The predicted octanol–water partition coefficient (Wildman–Crippen LogP) is 4.91. The lowest BCUT2D eigenvalue weighted by atomic mass is 10.0. The lowest BCUT2D eigenvalue weighted by Gasteiger charge is -2.14. The van der Waals surface area contributed by atoms with E-state index in [-0.39, 0.29) is 6.42 Å². The third-order valence-electron chi connectivity index (χ3n) is 4.80. The van der Waals surface area contributed by atoms with E-state index in [9.17, 15) is 4.79 Å². The average molecular weight is 388 g/mol. The molecule has 0 radical (unpaired) electrons. The second kappa shape index (κ2) is 7.75. The van der Waals surface area contributed by atoms with Crippen LogP contribution in [0, 0.1) is 6.92 Å². The Labute approximate surface area is 167 Å². The molecule has 0 aliphatic carbocycles. The minimum atomic E-state index is -0.850. The summed E-state index contributed by atoms with van der Waals surface area (Å²) in [6.45, 7) is 1.91. The second-order valence-corrected chi connectivity index (χ2v) is 6.75. The van der Waals surface area contributed by atoms with E-state index in [4.69, 9.17) is 14.6 Å². The number of pyridine rings is 2. The molecular weight excluding hydrogens is 368 g/mol. The van der Waals surface area contributed by atoms with Crippen LogP contribution in [0.15, 0.2) is 54.7 Å². The number of fused-ring (bicyclic) bond motifs is 2. The number of benzene rings is 2. The van der Waals surface area contributed by atoms with Crippen molar-refractivity contribution in [2.45, 2.75) is 19.8 Å². The molecule has 0 aliphatic heterocycles. The van der Waals surface area contributed by atoms with Crippen LogP contribution in [0.3, 0.4) is 0 Å². The maximum atomic E-state index is 10.9. The number of hydrogen-bond acceptors (Lipinski definition) is 5. The van der Waals surface area contributed by atoms with Gasteiger partial charge in [0.05, 0.1) is 23.8 Å². The molecule has 0 aliphatic rings. The highest BCUT2D eigenvalue weighted by molar-refractivity contribution is 5.88. The van der Waals surface area contributed by atoms with Crippen molar-refractivity contribution in [1.82, 2.24) is 9.97 Å². The van der Waals surface area contributed by atoms with E-state index < -0.39 is 5.97 Å². The van der Waals surface area contributed by atoms with Gasteiger partial charge < -0.3 is 14.6 Å². The molecule has 6 heteroatoms. The maximum Gasteiger partial charge on any atom is 0.303 e. The smallest absolute Gasteiger partial charge is 0.303 e. The van der Waals surface area contributed by atoms with Crippen LogP contribution < -0.4 is 9.47 Å². The Morgan fingerprint density at radius 1 is 1.03 bits per heavy atom. The van der Waals surface area contributed by atoms with E-state index >= 15 is 0 Å². The van der Waals surface area contributed by atoms with Crippen LogP contribution in [-0.2, 0) is 11.2 Å². The van der Waals surface area contributed by atoms with Crippen LogP contribution in [0.5, 0.6) is 17.2 Å². The van der Waals surface area contributed by atoms with Gasteiger partial charge in [0.2, 0.25) is 0 Å². The number of carboxylic acids is 1. The molecule has 0 saturated heterocycles. The van der Waals surface area contributed by atoms with Gasteiger partial charge in [0.15, 0.2) is 0 Å². The number of aliphatic carboxylic acids is 1. The summed E-state index contributed by atoms with van der Waals surface area (Å²) in [5.74, 6) is 1.07. The molecule has 2 aromatic carbocycles. The van der Waals surface area contributed by atoms with Crippen molar-refractivity contribution in [3.63, 3.8) is 0 Å². The fraction of sp³-hybridized carbons (Fsp3) is 0.174. The minimum absolute atomic E-state index is 0.0278. The van der Waals surface area contributed by atoms with Crippen molar-refractivity contribution in [3.05, 3.63) is 66.0 Å². The first-order valence-electron chi connectivity index (χ1n) is 9.27. The van der Waals surface area contributed by atoms with Gasteiger partial charge in [-0.2, -0.15) is 0 Å². The lowest BCUT2D eigenvalue weighted by Crippen LogP contribution is -2.00. The maximum absolute atomic E-state index is 10.9. The molecule has 4 aromatic rings. The monoisotopic (exact) mass is 388 g/mol. The first kappa shape index (κ1) is 18.7. The number of ether oxygens (including phenoxy) is 2. The molecular formula is C23H20N2O4. The molecule has 0 saturated carbocycles. The van der Waals surface area contributed by atoms with Crippen LogP contribution in [-0.4, -0.2) is 28.2 Å². The normalized spacial score (nSPS) is 11.0. The highest BCUT2D eigenvalue weighted by Crippen LogP contribution is 2.35. The molecule has 0 amide bonds. The van der Waals surface area contributed by atoms with E-state index in [0.29, 0.717) is 23.7 Å². The summed E-state index contributed by atoms with van der Waals surface area (Å²) in [6, 6.07) is 15.4. The summed E-state index contributed by atoms with van der Waals surface area (Å²) in [5, 5.41) is 10.8. The highest BCUT2D eigenvalue weighted by atomic mass is 16.5. The summed E-state index contributed by atoms with van der Waals surface area (Å²) in [6.07, 6.45) is 2.07. The fourth-order valence-corrected chi connectivity index (χ4v) is 3.32. The van der Waals surface area contributed by atoms with Crippen molar-refractivity contribution >= 4 is 27.8 Å². The first-order chi connectivity index (χ1) is 14.0. The van der Waals surface area contributed by atoms with Crippen LogP contribution in [0.4, 0.5) is 0 Å². The summed E-state index contributed by atoms with van der Waals surface area (Å²) < 4.78 is 11.7. The number of carbonyl (C=O) groups is 1. The molecule has 0 atom stereocenters. The van der Waals surface area contributed by atoms with Crippen LogP contribution in [0.2, 0.25) is 0 Å². The van der Waals surface area contributed by atoms with E-state index in [1.165, 1.54) is 0 Å². The molecule has 1 N–H and O–H groups in total. The molecule has 0 bridgehead atoms. The quantitative estimate of drug-likeness (QED) is 0.505. The summed E-state index contributed by atoms with van der Waals surface area (Å²) in [5.41, 5.74) is 3.23. The number of rotatable bonds is 6. The number of nitrogens with zero attached hydrogens (tertiary/aromatic N) is 2. The molecule has 0 fully saturated rings. The number of methoxy groups -OCH3 is 1. The van der Waals surface area contributed by atoms with Gasteiger partial charge in [0, 0.05) is 23.4 Å². The molecule has 29 heavy (non-hydrogen) atoms. The van der Waals surface area contributed by atoms with Crippen LogP contribution in [0.25, 0.3) is 21.8 Å². The number of carboxylic acid groups (broad SMARTS) is 1. The molecule has 0 unspecified atom stereocenters.